The lowest BCUT2D eigenvalue weighted by molar-refractivity contribution is -0.0308. The molecule has 6 saturated heterocycles. The summed E-state index contributed by atoms with van der Waals surface area (Å²) < 4.78 is 28.6. The molecule has 1 aromatic carbocycles. The molecule has 0 aliphatic carbocycles. The molecule has 13 heteroatoms. The molecule has 6 heterocycles. The van der Waals surface area contributed by atoms with Gasteiger partial charge in [-0.2, -0.15) is 0 Å². The van der Waals surface area contributed by atoms with Crippen LogP contribution < -0.4 is 10.6 Å². The summed E-state index contributed by atoms with van der Waals surface area (Å²) in [5.74, 6) is 0. The van der Waals surface area contributed by atoms with Crippen molar-refractivity contribution in [3.05, 3.63) is 35.9 Å². The number of carbonyl (C=O) groups is 3. The predicted molar refractivity (Wildman–Crippen MR) is 181 cm³/mol. The number of benzene rings is 1. The van der Waals surface area contributed by atoms with E-state index in [4.69, 9.17) is 23.7 Å². The number of rotatable bonds is 4. The fraction of sp³-hybridized carbons (Fsp3) is 0.750. The number of nitrogens with zero attached hydrogens (tertiary/aromatic N) is 3. The molecule has 2 N–H and O–H groups in total. The highest BCUT2D eigenvalue weighted by molar-refractivity contribution is 5.69. The van der Waals surface area contributed by atoms with E-state index in [1.165, 1.54) is 12.8 Å². The Balaban J connectivity index is 0.000000232. The normalized spacial score (nSPS) is 32.2. The minimum Gasteiger partial charge on any atom is -0.445 e. The number of hydrogen-bond donors (Lipinski definition) is 2. The zero-order chi connectivity index (χ0) is 34.9. The van der Waals surface area contributed by atoms with E-state index in [-0.39, 0.29) is 60.8 Å². The Bertz CT molecular complexity index is 1290. The number of alkyl carbamates (subject to hydrolysis) is 1. The van der Waals surface area contributed by atoms with Crippen molar-refractivity contribution < 1.29 is 38.1 Å². The lowest BCUT2D eigenvalue weighted by Gasteiger charge is -2.44. The van der Waals surface area contributed by atoms with Crippen LogP contribution in [0.15, 0.2) is 30.3 Å². The van der Waals surface area contributed by atoms with Gasteiger partial charge >= 0.3 is 18.3 Å². The second-order valence-electron chi connectivity index (χ2n) is 16.2. The first kappa shape index (κ1) is 35.7. The summed E-state index contributed by atoms with van der Waals surface area (Å²) in [6.45, 7) is 15.5. The van der Waals surface area contributed by atoms with Crippen LogP contribution in [0.5, 0.6) is 0 Å². The lowest BCUT2D eigenvalue weighted by Crippen LogP contribution is -2.61. The van der Waals surface area contributed by atoms with Crippen LogP contribution in [0.1, 0.15) is 72.8 Å². The summed E-state index contributed by atoms with van der Waals surface area (Å²) in [6.07, 6.45) is 3.30. The maximum Gasteiger partial charge on any atom is 0.410 e. The molecule has 6 fully saturated rings. The SMILES string of the molecule is CC(C)(C)OC(=O)N1CC2CCC(C1)N2.CC(C)(C)OC(=O)N1CC2CCC(C1)N2[C@H]1CO[C@H]2[C@@H]1OC[C@@H]2NC(=O)OCc1ccccc1. The molecule has 13 nitrogen and oxygen atoms in total. The van der Waals surface area contributed by atoms with Crippen molar-refractivity contribution in [3.8, 4) is 0 Å². The Labute approximate surface area is 290 Å². The number of nitrogens with one attached hydrogen (secondary N) is 2. The molecular weight excluding hydrogens is 630 g/mol. The molecule has 0 saturated carbocycles. The molecule has 0 aromatic heterocycles. The summed E-state index contributed by atoms with van der Waals surface area (Å²) in [5, 5.41) is 6.42. The van der Waals surface area contributed by atoms with Crippen LogP contribution >= 0.6 is 0 Å². The summed E-state index contributed by atoms with van der Waals surface area (Å²) in [6, 6.07) is 11.0. The molecule has 6 aliphatic rings. The van der Waals surface area contributed by atoms with Crippen molar-refractivity contribution in [1.82, 2.24) is 25.3 Å². The molecular formula is C36H55N5O8. The van der Waals surface area contributed by atoms with E-state index in [1.807, 2.05) is 81.7 Å². The number of hydrogen-bond acceptors (Lipinski definition) is 10. The predicted octanol–water partition coefficient (Wildman–Crippen LogP) is 3.89. The van der Waals surface area contributed by atoms with Gasteiger partial charge in [-0.1, -0.05) is 30.3 Å². The molecule has 3 amide bonds. The second kappa shape index (κ2) is 14.6. The van der Waals surface area contributed by atoms with Crippen LogP contribution in [0, 0.1) is 0 Å². The summed E-state index contributed by atoms with van der Waals surface area (Å²) >= 11 is 0. The Hall–Kier alpha value is -3.13. The van der Waals surface area contributed by atoms with Crippen molar-refractivity contribution >= 4 is 18.3 Å². The van der Waals surface area contributed by atoms with E-state index < -0.39 is 11.7 Å². The summed E-state index contributed by atoms with van der Waals surface area (Å²) in [5.41, 5.74) is 0.0549. The largest absolute Gasteiger partial charge is 0.445 e. The average molecular weight is 686 g/mol. The van der Waals surface area contributed by atoms with E-state index in [0.717, 1.165) is 31.5 Å². The van der Waals surface area contributed by atoms with Crippen LogP contribution in [0.2, 0.25) is 0 Å². The maximum atomic E-state index is 12.6. The third-order valence-corrected chi connectivity index (χ3v) is 9.98. The summed E-state index contributed by atoms with van der Waals surface area (Å²) in [4.78, 5) is 43.0. The Morgan fingerprint density at radius 2 is 1.33 bits per heavy atom. The lowest BCUT2D eigenvalue weighted by atomic mass is 10.0. The van der Waals surface area contributed by atoms with Crippen molar-refractivity contribution in [2.45, 2.75) is 133 Å². The van der Waals surface area contributed by atoms with Gasteiger partial charge in [-0.25, -0.2) is 14.4 Å². The molecule has 6 aliphatic heterocycles. The molecule has 1 aromatic rings. The minimum atomic E-state index is -0.498. The van der Waals surface area contributed by atoms with Gasteiger partial charge in [0.1, 0.15) is 30.0 Å². The average Bonchev–Trinajstić information content (AvgIpc) is 3.77. The van der Waals surface area contributed by atoms with E-state index in [2.05, 4.69) is 15.5 Å². The minimum absolute atomic E-state index is 0.101. The molecule has 0 spiro atoms. The van der Waals surface area contributed by atoms with Crippen LogP contribution in [0.25, 0.3) is 0 Å². The van der Waals surface area contributed by atoms with Crippen molar-refractivity contribution in [1.29, 1.82) is 0 Å². The third kappa shape index (κ3) is 8.97. The molecule has 4 bridgehead atoms. The van der Waals surface area contributed by atoms with Gasteiger partial charge in [-0.3, -0.25) is 4.90 Å². The number of amides is 3. The number of carbonyl (C=O) groups excluding carboxylic acids is 3. The zero-order valence-electron chi connectivity index (χ0n) is 29.9. The highest BCUT2D eigenvalue weighted by Crippen LogP contribution is 2.39. The Morgan fingerprint density at radius 1 is 0.776 bits per heavy atom. The fourth-order valence-electron chi connectivity index (χ4n) is 8.00. The van der Waals surface area contributed by atoms with Gasteiger partial charge in [0.2, 0.25) is 0 Å². The molecule has 0 radical (unpaired) electrons. The summed E-state index contributed by atoms with van der Waals surface area (Å²) in [7, 11) is 0. The number of ether oxygens (including phenoxy) is 5. The maximum absolute atomic E-state index is 12.6. The molecule has 272 valence electrons. The molecule has 49 heavy (non-hydrogen) atoms. The van der Waals surface area contributed by atoms with Crippen LogP contribution in [0.4, 0.5) is 14.4 Å². The topological polar surface area (TPSA) is 131 Å². The first-order valence-electron chi connectivity index (χ1n) is 17.9. The second-order valence-corrected chi connectivity index (χ2v) is 16.2. The smallest absolute Gasteiger partial charge is 0.410 e. The van der Waals surface area contributed by atoms with Gasteiger partial charge in [-0.15, -0.1) is 0 Å². The van der Waals surface area contributed by atoms with Crippen LogP contribution in [-0.2, 0) is 30.3 Å². The standard InChI is InChI=1S/C25H35N3O6.C11H20N2O2/c1-25(2,3)34-24(30)27-11-17-9-10-18(12-27)28(17)20-15-32-21-19(14-31-22(20)21)26-23(29)33-13-16-7-5-4-6-8-16;1-11(2,3)15-10(14)13-6-8-4-5-9(7-13)12-8/h4-8,17-22H,9-15H2,1-3H3,(H,26,29);8-9,12H,4-7H2,1-3H3/t17?,18?,19-,20-,21+,22+;/m0./s1. The van der Waals surface area contributed by atoms with Crippen molar-refractivity contribution in [2.75, 3.05) is 39.4 Å². The molecule has 7 rings (SSSR count). The van der Waals surface area contributed by atoms with E-state index in [0.29, 0.717) is 38.4 Å². The Kier molecular flexibility index (Phi) is 10.6. The van der Waals surface area contributed by atoms with Gasteiger partial charge in [0, 0.05) is 50.3 Å². The van der Waals surface area contributed by atoms with Crippen LogP contribution in [0.3, 0.4) is 0 Å². The van der Waals surface area contributed by atoms with Gasteiger partial charge in [0.15, 0.2) is 0 Å². The van der Waals surface area contributed by atoms with E-state index >= 15 is 0 Å². The number of piperazine rings is 2. The first-order chi connectivity index (χ1) is 23.2. The van der Waals surface area contributed by atoms with Crippen molar-refractivity contribution in [3.63, 3.8) is 0 Å². The van der Waals surface area contributed by atoms with E-state index in [9.17, 15) is 14.4 Å². The third-order valence-electron chi connectivity index (χ3n) is 9.98. The van der Waals surface area contributed by atoms with Gasteiger partial charge in [0.25, 0.3) is 0 Å². The molecule has 8 atom stereocenters. The van der Waals surface area contributed by atoms with E-state index in [1.54, 1.807) is 0 Å². The van der Waals surface area contributed by atoms with Gasteiger partial charge in [-0.05, 0) is 72.8 Å². The highest BCUT2D eigenvalue weighted by Gasteiger charge is 2.55. The number of fused-ring (bicyclic) bond motifs is 5. The first-order valence-corrected chi connectivity index (χ1v) is 17.9. The van der Waals surface area contributed by atoms with Gasteiger partial charge in [0.05, 0.1) is 25.3 Å². The monoisotopic (exact) mass is 685 g/mol. The van der Waals surface area contributed by atoms with Crippen LogP contribution in [-0.4, -0.2) is 132 Å². The fourth-order valence-corrected chi connectivity index (χ4v) is 8.00. The van der Waals surface area contributed by atoms with Crippen molar-refractivity contribution in [2.24, 2.45) is 0 Å². The Morgan fingerprint density at radius 3 is 1.90 bits per heavy atom. The zero-order valence-corrected chi connectivity index (χ0v) is 29.9. The van der Waals surface area contributed by atoms with Gasteiger partial charge < -0.3 is 44.1 Å². The highest BCUT2D eigenvalue weighted by atomic mass is 16.6. The number of likely N-dealkylation sites (tertiary alicyclic amines) is 2. The molecule has 4 unspecified atom stereocenters. The quantitative estimate of drug-likeness (QED) is 0.451.